The number of aryl methyl sites for hydroxylation is 2. The molecule has 184 valence electrons. The average molecular weight is 505 g/mol. The second kappa shape index (κ2) is 8.07. The molecule has 5 aromatic rings. The lowest BCUT2D eigenvalue weighted by molar-refractivity contribution is 0.454. The maximum Gasteiger partial charge on any atom is 0.329 e. The van der Waals surface area contributed by atoms with Crippen molar-refractivity contribution in [2.24, 2.45) is 14.1 Å². The summed E-state index contributed by atoms with van der Waals surface area (Å²) in [6, 6.07) is 7.36. The SMILES string of the molecule is Cn1cc(-c2ccc(-c3ccc4ncc5c(c4n3)n(C3CCN(S(C)(=O)=O)C3)c(=O)n5C)cn2)cn1. The van der Waals surface area contributed by atoms with Gasteiger partial charge in [-0.25, -0.2) is 22.5 Å². The molecule has 0 saturated carbocycles. The summed E-state index contributed by atoms with van der Waals surface area (Å²) < 4.78 is 30.6. The fraction of sp³-hybridized carbons (Fsp3) is 0.292. The zero-order valence-electron chi connectivity index (χ0n) is 20.0. The van der Waals surface area contributed by atoms with Crippen molar-refractivity contribution in [1.29, 1.82) is 0 Å². The first kappa shape index (κ1) is 22.6. The molecule has 0 bridgehead atoms. The first-order valence-corrected chi connectivity index (χ1v) is 13.3. The molecule has 0 amide bonds. The summed E-state index contributed by atoms with van der Waals surface area (Å²) in [7, 11) is 0.218. The summed E-state index contributed by atoms with van der Waals surface area (Å²) in [4.78, 5) is 27.3. The van der Waals surface area contributed by atoms with E-state index in [9.17, 15) is 13.2 Å². The molecule has 1 unspecified atom stereocenters. The van der Waals surface area contributed by atoms with Crippen LogP contribution in [0.4, 0.5) is 0 Å². The summed E-state index contributed by atoms with van der Waals surface area (Å²) in [6.07, 6.45) is 8.85. The van der Waals surface area contributed by atoms with Gasteiger partial charge in [0.15, 0.2) is 0 Å². The summed E-state index contributed by atoms with van der Waals surface area (Å²) in [6.45, 7) is 0.629. The van der Waals surface area contributed by atoms with E-state index < -0.39 is 10.0 Å². The summed E-state index contributed by atoms with van der Waals surface area (Å²) in [5, 5.41) is 4.20. The summed E-state index contributed by atoms with van der Waals surface area (Å²) in [5.74, 6) is 0. The molecule has 1 fully saturated rings. The Morgan fingerprint density at radius 2 is 1.78 bits per heavy atom. The van der Waals surface area contributed by atoms with Crippen molar-refractivity contribution in [2.45, 2.75) is 12.5 Å². The van der Waals surface area contributed by atoms with Gasteiger partial charge in [-0.3, -0.25) is 23.8 Å². The van der Waals surface area contributed by atoms with Crippen LogP contribution >= 0.6 is 0 Å². The van der Waals surface area contributed by atoms with Crippen LogP contribution in [0, 0.1) is 0 Å². The van der Waals surface area contributed by atoms with Crippen LogP contribution in [0.2, 0.25) is 0 Å². The minimum absolute atomic E-state index is 0.214. The van der Waals surface area contributed by atoms with Crippen molar-refractivity contribution in [2.75, 3.05) is 19.3 Å². The van der Waals surface area contributed by atoms with Crippen molar-refractivity contribution in [3.63, 3.8) is 0 Å². The van der Waals surface area contributed by atoms with Gasteiger partial charge in [0.25, 0.3) is 0 Å². The first-order valence-electron chi connectivity index (χ1n) is 11.5. The Morgan fingerprint density at radius 3 is 2.44 bits per heavy atom. The number of sulfonamides is 1. The summed E-state index contributed by atoms with van der Waals surface area (Å²) >= 11 is 0. The lowest BCUT2D eigenvalue weighted by atomic mass is 10.1. The van der Waals surface area contributed by atoms with E-state index in [1.165, 1.54) is 10.6 Å². The van der Waals surface area contributed by atoms with E-state index in [2.05, 4.69) is 15.1 Å². The highest BCUT2D eigenvalue weighted by Crippen LogP contribution is 2.30. The Balaban J connectivity index is 1.48. The number of imidazole rings is 1. The van der Waals surface area contributed by atoms with Crippen LogP contribution < -0.4 is 5.69 Å². The number of nitrogens with zero attached hydrogens (tertiary/aromatic N) is 8. The number of hydrogen-bond donors (Lipinski definition) is 0. The quantitative estimate of drug-likeness (QED) is 0.367. The molecule has 1 aliphatic rings. The van der Waals surface area contributed by atoms with Gasteiger partial charge in [0.1, 0.15) is 5.52 Å². The Bertz CT molecular complexity index is 1800. The van der Waals surface area contributed by atoms with Gasteiger partial charge in [0.05, 0.1) is 52.6 Å². The maximum atomic E-state index is 13.3. The Hall–Kier alpha value is -3.90. The highest BCUT2D eigenvalue weighted by atomic mass is 32.2. The fourth-order valence-electron chi connectivity index (χ4n) is 4.88. The van der Waals surface area contributed by atoms with Crippen LogP contribution in [0.15, 0.2) is 53.8 Å². The third-order valence-electron chi connectivity index (χ3n) is 6.78. The van der Waals surface area contributed by atoms with Crippen molar-refractivity contribution in [3.05, 3.63) is 59.5 Å². The predicted molar refractivity (Wildman–Crippen MR) is 136 cm³/mol. The minimum Gasteiger partial charge on any atom is -0.293 e. The zero-order valence-corrected chi connectivity index (χ0v) is 20.8. The molecule has 6 heterocycles. The first-order chi connectivity index (χ1) is 17.2. The Kier molecular flexibility index (Phi) is 5.05. The monoisotopic (exact) mass is 504 g/mol. The van der Waals surface area contributed by atoms with Gasteiger partial charge in [-0.15, -0.1) is 0 Å². The van der Waals surface area contributed by atoms with Crippen molar-refractivity contribution in [3.8, 4) is 22.5 Å². The lowest BCUT2D eigenvalue weighted by Crippen LogP contribution is -2.31. The molecular formula is C24H24N8O3S. The molecule has 0 radical (unpaired) electrons. The largest absolute Gasteiger partial charge is 0.329 e. The van der Waals surface area contributed by atoms with Gasteiger partial charge in [-0.2, -0.15) is 5.10 Å². The lowest BCUT2D eigenvalue weighted by Gasteiger charge is -2.15. The molecule has 1 atom stereocenters. The summed E-state index contributed by atoms with van der Waals surface area (Å²) in [5.41, 5.74) is 5.62. The van der Waals surface area contributed by atoms with Gasteiger partial charge in [0, 0.05) is 50.7 Å². The van der Waals surface area contributed by atoms with Gasteiger partial charge >= 0.3 is 5.69 Å². The van der Waals surface area contributed by atoms with Crippen LogP contribution in [-0.4, -0.2) is 65.9 Å². The zero-order chi connectivity index (χ0) is 25.2. The molecule has 1 aliphatic heterocycles. The standard InChI is InChI=1S/C24H24N8O3S/c1-29-13-16(11-27-29)18-5-4-15(10-25-18)19-6-7-20-22(28-19)23-21(12-26-20)30(2)24(33)32(23)17-8-9-31(14-17)36(3,34)35/h4-7,10-13,17H,8-9,14H2,1-3H3. The highest BCUT2D eigenvalue weighted by molar-refractivity contribution is 7.88. The van der Waals surface area contributed by atoms with Gasteiger partial charge in [-0.05, 0) is 30.7 Å². The highest BCUT2D eigenvalue weighted by Gasteiger charge is 2.32. The number of hydrogen-bond acceptors (Lipinski definition) is 7. The van der Waals surface area contributed by atoms with E-state index in [1.807, 2.05) is 37.5 Å². The molecule has 12 heteroatoms. The molecule has 11 nitrogen and oxygen atoms in total. The maximum absolute atomic E-state index is 13.3. The molecule has 0 spiro atoms. The number of rotatable bonds is 4. The second-order valence-corrected chi connectivity index (χ2v) is 11.1. The average Bonchev–Trinajstić information content (AvgIpc) is 3.58. The Labute approximate surface area is 206 Å². The third kappa shape index (κ3) is 3.60. The molecule has 0 aromatic carbocycles. The fourth-order valence-corrected chi connectivity index (χ4v) is 5.76. The van der Waals surface area contributed by atoms with Gasteiger partial charge in [-0.1, -0.05) is 0 Å². The van der Waals surface area contributed by atoms with E-state index in [-0.39, 0.29) is 18.3 Å². The van der Waals surface area contributed by atoms with Gasteiger partial charge in [0.2, 0.25) is 10.0 Å². The van der Waals surface area contributed by atoms with E-state index in [1.54, 1.807) is 39.5 Å². The van der Waals surface area contributed by atoms with Crippen LogP contribution in [0.25, 0.3) is 44.6 Å². The van der Waals surface area contributed by atoms with E-state index in [4.69, 9.17) is 4.98 Å². The number of aromatic nitrogens is 7. The van der Waals surface area contributed by atoms with Crippen molar-refractivity contribution in [1.82, 2.24) is 38.2 Å². The van der Waals surface area contributed by atoms with E-state index in [0.717, 1.165) is 16.8 Å². The third-order valence-corrected chi connectivity index (χ3v) is 8.05. The van der Waals surface area contributed by atoms with Gasteiger partial charge < -0.3 is 0 Å². The molecular weight excluding hydrogens is 480 g/mol. The Morgan fingerprint density at radius 1 is 0.972 bits per heavy atom. The topological polar surface area (TPSA) is 121 Å². The van der Waals surface area contributed by atoms with E-state index in [0.29, 0.717) is 40.7 Å². The van der Waals surface area contributed by atoms with Crippen LogP contribution in [-0.2, 0) is 24.1 Å². The van der Waals surface area contributed by atoms with Crippen molar-refractivity contribution < 1.29 is 8.42 Å². The molecule has 0 aliphatic carbocycles. The molecule has 5 aromatic heterocycles. The smallest absolute Gasteiger partial charge is 0.293 e. The van der Waals surface area contributed by atoms with Crippen LogP contribution in [0.3, 0.4) is 0 Å². The second-order valence-electron chi connectivity index (χ2n) is 9.17. The van der Waals surface area contributed by atoms with E-state index >= 15 is 0 Å². The predicted octanol–water partition coefficient (Wildman–Crippen LogP) is 1.95. The molecule has 36 heavy (non-hydrogen) atoms. The number of fused-ring (bicyclic) bond motifs is 3. The minimum atomic E-state index is -3.34. The molecule has 0 N–H and O–H groups in total. The molecule has 1 saturated heterocycles. The van der Waals surface area contributed by atoms with Crippen LogP contribution in [0.5, 0.6) is 0 Å². The normalized spacial score (nSPS) is 16.9. The van der Waals surface area contributed by atoms with Crippen LogP contribution in [0.1, 0.15) is 12.5 Å². The number of pyridine rings is 3. The van der Waals surface area contributed by atoms with Crippen molar-refractivity contribution >= 4 is 32.1 Å². The molecule has 6 rings (SSSR count).